The van der Waals surface area contributed by atoms with Gasteiger partial charge < -0.3 is 10.1 Å². The average molecular weight is 251 g/mol. The van der Waals surface area contributed by atoms with Gasteiger partial charge in [0.05, 0.1) is 19.0 Å². The van der Waals surface area contributed by atoms with Crippen molar-refractivity contribution in [2.45, 2.75) is 52.4 Å². The molecule has 0 fully saturated rings. The van der Waals surface area contributed by atoms with Gasteiger partial charge in [-0.3, -0.25) is 4.98 Å². The van der Waals surface area contributed by atoms with E-state index in [0.717, 1.165) is 31.8 Å². The maximum Gasteiger partial charge on any atom is 0.234 e. The smallest absolute Gasteiger partial charge is 0.234 e. The summed E-state index contributed by atoms with van der Waals surface area (Å²) in [4.78, 5) is 8.46. The first-order chi connectivity index (χ1) is 8.86. The molecule has 0 radical (unpaired) electrons. The van der Waals surface area contributed by atoms with Crippen LogP contribution in [0.1, 0.15) is 52.4 Å². The largest absolute Gasteiger partial charge is 0.477 e. The topological polar surface area (TPSA) is 47.0 Å². The molecule has 4 nitrogen and oxygen atoms in total. The van der Waals surface area contributed by atoms with Gasteiger partial charge in [0, 0.05) is 6.54 Å². The van der Waals surface area contributed by atoms with Gasteiger partial charge in [0.2, 0.25) is 5.88 Å². The van der Waals surface area contributed by atoms with Crippen molar-refractivity contribution >= 4 is 5.82 Å². The summed E-state index contributed by atoms with van der Waals surface area (Å²) in [5.74, 6) is 1.41. The van der Waals surface area contributed by atoms with Gasteiger partial charge in [-0.05, 0) is 12.8 Å². The molecule has 0 bridgehead atoms. The van der Waals surface area contributed by atoms with Crippen LogP contribution in [-0.2, 0) is 0 Å². The fraction of sp³-hybridized carbons (Fsp3) is 0.714. The first-order valence-electron chi connectivity index (χ1n) is 7.05. The zero-order valence-corrected chi connectivity index (χ0v) is 11.6. The molecular weight excluding hydrogens is 226 g/mol. The lowest BCUT2D eigenvalue weighted by molar-refractivity contribution is 0.292. The molecule has 0 atom stereocenters. The third kappa shape index (κ3) is 6.42. The molecule has 1 heterocycles. The molecule has 0 saturated heterocycles. The summed E-state index contributed by atoms with van der Waals surface area (Å²) in [5.41, 5.74) is 0. The Hall–Kier alpha value is -1.32. The maximum absolute atomic E-state index is 5.59. The van der Waals surface area contributed by atoms with E-state index in [4.69, 9.17) is 4.74 Å². The van der Waals surface area contributed by atoms with Gasteiger partial charge in [0.15, 0.2) is 0 Å². The number of nitrogens with zero attached hydrogens (tertiary/aromatic N) is 2. The Labute approximate surface area is 110 Å². The number of nitrogens with one attached hydrogen (secondary N) is 1. The first-order valence-corrected chi connectivity index (χ1v) is 7.05. The Morgan fingerprint density at radius 3 is 2.67 bits per heavy atom. The predicted octanol–water partition coefficient (Wildman–Crippen LogP) is 3.65. The molecule has 0 aliphatic heterocycles. The second kappa shape index (κ2) is 9.68. The van der Waals surface area contributed by atoms with Crippen molar-refractivity contribution in [3.05, 3.63) is 12.4 Å². The number of ether oxygens (including phenoxy) is 1. The molecule has 0 spiro atoms. The van der Waals surface area contributed by atoms with Crippen molar-refractivity contribution in [1.29, 1.82) is 0 Å². The normalized spacial score (nSPS) is 10.3. The monoisotopic (exact) mass is 251 g/mol. The fourth-order valence-corrected chi connectivity index (χ4v) is 1.64. The molecule has 1 N–H and O–H groups in total. The Kier molecular flexibility index (Phi) is 7.93. The van der Waals surface area contributed by atoms with Crippen molar-refractivity contribution < 1.29 is 4.74 Å². The summed E-state index contributed by atoms with van der Waals surface area (Å²) < 4.78 is 5.59. The van der Waals surface area contributed by atoms with E-state index in [0.29, 0.717) is 5.88 Å². The van der Waals surface area contributed by atoms with E-state index in [1.165, 1.54) is 25.7 Å². The fourth-order valence-electron chi connectivity index (χ4n) is 1.64. The van der Waals surface area contributed by atoms with E-state index in [-0.39, 0.29) is 0 Å². The van der Waals surface area contributed by atoms with E-state index >= 15 is 0 Å². The number of aromatic nitrogens is 2. The highest BCUT2D eigenvalue weighted by atomic mass is 16.5. The van der Waals surface area contributed by atoms with E-state index in [1.54, 1.807) is 12.4 Å². The number of hydrogen-bond acceptors (Lipinski definition) is 4. The van der Waals surface area contributed by atoms with Crippen molar-refractivity contribution in [2.75, 3.05) is 18.5 Å². The lowest BCUT2D eigenvalue weighted by Gasteiger charge is -2.07. The highest BCUT2D eigenvalue weighted by molar-refractivity contribution is 5.32. The molecule has 0 aliphatic carbocycles. The second-order valence-corrected chi connectivity index (χ2v) is 4.43. The molecule has 4 heteroatoms. The van der Waals surface area contributed by atoms with Crippen molar-refractivity contribution in [1.82, 2.24) is 9.97 Å². The van der Waals surface area contributed by atoms with Crippen LogP contribution in [-0.4, -0.2) is 23.1 Å². The van der Waals surface area contributed by atoms with Gasteiger partial charge in [-0.15, -0.1) is 0 Å². The maximum atomic E-state index is 5.59. The highest BCUT2D eigenvalue weighted by Crippen LogP contribution is 2.10. The highest BCUT2D eigenvalue weighted by Gasteiger charge is 1.99. The quantitative estimate of drug-likeness (QED) is 0.645. The van der Waals surface area contributed by atoms with Crippen LogP contribution < -0.4 is 10.1 Å². The van der Waals surface area contributed by atoms with E-state index in [9.17, 15) is 0 Å². The Morgan fingerprint density at radius 2 is 1.89 bits per heavy atom. The third-order valence-corrected chi connectivity index (χ3v) is 2.67. The SMILES string of the molecule is CCCCCCCOc1cncc(NCCC)n1. The number of anilines is 1. The molecule has 0 unspecified atom stereocenters. The van der Waals surface area contributed by atoms with Crippen LogP contribution in [0.5, 0.6) is 5.88 Å². The predicted molar refractivity (Wildman–Crippen MR) is 75.1 cm³/mol. The number of unbranched alkanes of at least 4 members (excludes halogenated alkanes) is 4. The summed E-state index contributed by atoms with van der Waals surface area (Å²) >= 11 is 0. The van der Waals surface area contributed by atoms with Crippen LogP contribution >= 0.6 is 0 Å². The van der Waals surface area contributed by atoms with Gasteiger partial charge in [-0.1, -0.05) is 39.5 Å². The van der Waals surface area contributed by atoms with Crippen LogP contribution in [0.2, 0.25) is 0 Å². The molecule has 1 aromatic rings. The minimum atomic E-state index is 0.617. The van der Waals surface area contributed by atoms with Gasteiger partial charge >= 0.3 is 0 Å². The van der Waals surface area contributed by atoms with Crippen molar-refractivity contribution in [3.63, 3.8) is 0 Å². The Bertz CT molecular complexity index is 318. The molecule has 102 valence electrons. The molecule has 0 aromatic carbocycles. The summed E-state index contributed by atoms with van der Waals surface area (Å²) in [6, 6.07) is 0. The molecule has 0 saturated carbocycles. The Balaban J connectivity index is 2.20. The first kappa shape index (κ1) is 14.7. The van der Waals surface area contributed by atoms with Gasteiger partial charge in [-0.2, -0.15) is 4.98 Å². The molecule has 0 amide bonds. The molecule has 1 aromatic heterocycles. The standard InChI is InChI=1S/C14H25N3O/c1-3-5-6-7-8-10-18-14-12-15-11-13(17-14)16-9-4-2/h11-12H,3-10H2,1-2H3,(H,16,17). The lowest BCUT2D eigenvalue weighted by Crippen LogP contribution is -2.05. The van der Waals surface area contributed by atoms with Gasteiger partial charge in [0.25, 0.3) is 0 Å². The zero-order chi connectivity index (χ0) is 13.1. The van der Waals surface area contributed by atoms with Crippen molar-refractivity contribution in [2.24, 2.45) is 0 Å². The summed E-state index contributed by atoms with van der Waals surface area (Å²) in [6.45, 7) is 5.99. The molecule has 1 rings (SSSR count). The average Bonchev–Trinajstić information content (AvgIpc) is 2.41. The lowest BCUT2D eigenvalue weighted by atomic mass is 10.2. The van der Waals surface area contributed by atoms with Gasteiger partial charge in [0.1, 0.15) is 5.82 Å². The van der Waals surface area contributed by atoms with E-state index in [2.05, 4.69) is 29.1 Å². The molecule has 18 heavy (non-hydrogen) atoms. The minimum absolute atomic E-state index is 0.617. The van der Waals surface area contributed by atoms with Crippen molar-refractivity contribution in [3.8, 4) is 5.88 Å². The third-order valence-electron chi connectivity index (χ3n) is 2.67. The van der Waals surface area contributed by atoms with Gasteiger partial charge in [-0.25, -0.2) is 0 Å². The summed E-state index contributed by atoms with van der Waals surface area (Å²) in [6.07, 6.45) is 10.7. The van der Waals surface area contributed by atoms with E-state index in [1.807, 2.05) is 0 Å². The van der Waals surface area contributed by atoms with Crippen LogP contribution in [0.3, 0.4) is 0 Å². The van der Waals surface area contributed by atoms with Crippen LogP contribution in [0.4, 0.5) is 5.82 Å². The summed E-state index contributed by atoms with van der Waals surface area (Å²) in [5, 5.41) is 3.20. The Morgan fingerprint density at radius 1 is 1.06 bits per heavy atom. The minimum Gasteiger partial charge on any atom is -0.477 e. The van der Waals surface area contributed by atoms with E-state index < -0.39 is 0 Å². The zero-order valence-electron chi connectivity index (χ0n) is 11.6. The second-order valence-electron chi connectivity index (χ2n) is 4.43. The van der Waals surface area contributed by atoms with Crippen LogP contribution in [0.25, 0.3) is 0 Å². The van der Waals surface area contributed by atoms with Crippen LogP contribution in [0.15, 0.2) is 12.4 Å². The molecule has 0 aliphatic rings. The summed E-state index contributed by atoms with van der Waals surface area (Å²) in [7, 11) is 0. The van der Waals surface area contributed by atoms with Crippen LogP contribution in [0, 0.1) is 0 Å². The number of rotatable bonds is 10. The number of hydrogen-bond donors (Lipinski definition) is 1. The molecular formula is C14H25N3O.